The molecule has 0 N–H and O–H groups in total. The Morgan fingerprint density at radius 3 is 2.55 bits per heavy atom. The van der Waals surface area contributed by atoms with Gasteiger partial charge in [-0.15, -0.1) is 0 Å². The van der Waals surface area contributed by atoms with Crippen molar-refractivity contribution in [2.24, 2.45) is 0 Å². The first-order valence-electron chi connectivity index (χ1n) is 7.87. The van der Waals surface area contributed by atoms with Gasteiger partial charge in [-0.25, -0.2) is 9.97 Å². The molecule has 0 radical (unpaired) electrons. The molecule has 0 atom stereocenters. The molecule has 116 valence electrons. The van der Waals surface area contributed by atoms with Crippen molar-refractivity contribution in [3.63, 3.8) is 0 Å². The maximum Gasteiger partial charge on any atom is 0.216 e. The van der Waals surface area contributed by atoms with Crippen LogP contribution < -0.4 is 4.74 Å². The third-order valence-corrected chi connectivity index (χ3v) is 4.39. The summed E-state index contributed by atoms with van der Waals surface area (Å²) in [5.41, 5.74) is 2.88. The van der Waals surface area contributed by atoms with Crippen molar-refractivity contribution in [3.05, 3.63) is 41.6 Å². The molecule has 3 nitrogen and oxygen atoms in total. The van der Waals surface area contributed by atoms with Gasteiger partial charge in [0.25, 0.3) is 0 Å². The van der Waals surface area contributed by atoms with Crippen LogP contribution in [0.3, 0.4) is 0 Å². The average molecular weight is 300 g/mol. The van der Waals surface area contributed by atoms with Gasteiger partial charge < -0.3 is 4.74 Å². The van der Waals surface area contributed by atoms with E-state index in [2.05, 4.69) is 16.0 Å². The summed E-state index contributed by atoms with van der Waals surface area (Å²) in [7, 11) is 1.67. The van der Waals surface area contributed by atoms with E-state index in [1.165, 1.54) is 43.7 Å². The van der Waals surface area contributed by atoms with E-state index in [9.17, 15) is 4.39 Å². The molecule has 1 aromatic carbocycles. The zero-order valence-electron chi connectivity index (χ0n) is 13.1. The molecule has 0 bridgehead atoms. The molecule has 0 unspecified atom stereocenters. The van der Waals surface area contributed by atoms with Gasteiger partial charge in [0.1, 0.15) is 11.6 Å². The number of hydrogen-bond acceptors (Lipinski definition) is 3. The molecule has 4 heteroatoms. The molecule has 0 spiro atoms. The van der Waals surface area contributed by atoms with Crippen LogP contribution >= 0.6 is 0 Å². The molecular formula is C18H21FN2O. The minimum atomic E-state index is -0.479. The normalized spacial score (nSPS) is 15.8. The highest BCUT2D eigenvalue weighted by molar-refractivity contribution is 5.66. The number of aryl methyl sites for hydroxylation is 1. The molecule has 1 aliphatic carbocycles. The summed E-state index contributed by atoms with van der Waals surface area (Å²) in [6.07, 6.45) is 6.15. The van der Waals surface area contributed by atoms with Crippen LogP contribution in [0.1, 0.15) is 49.4 Å². The van der Waals surface area contributed by atoms with E-state index in [-0.39, 0.29) is 0 Å². The molecular weight excluding hydrogens is 279 g/mol. The summed E-state index contributed by atoms with van der Waals surface area (Å²) in [5.74, 6) is 1.32. The van der Waals surface area contributed by atoms with Crippen LogP contribution in [0.15, 0.2) is 24.3 Å². The van der Waals surface area contributed by atoms with Gasteiger partial charge in [-0.05, 0) is 49.4 Å². The number of halogens is 1. The second kappa shape index (κ2) is 6.42. The summed E-state index contributed by atoms with van der Waals surface area (Å²) in [6.45, 7) is 1.72. The van der Waals surface area contributed by atoms with Crippen LogP contribution in [0, 0.1) is 12.9 Å². The molecule has 22 heavy (non-hydrogen) atoms. The van der Waals surface area contributed by atoms with Gasteiger partial charge >= 0.3 is 0 Å². The van der Waals surface area contributed by atoms with Gasteiger partial charge in [0, 0.05) is 11.6 Å². The topological polar surface area (TPSA) is 35.0 Å². The van der Waals surface area contributed by atoms with Gasteiger partial charge in [0.2, 0.25) is 5.95 Å². The summed E-state index contributed by atoms with van der Waals surface area (Å²) in [6, 6.07) is 7.41. The zero-order chi connectivity index (χ0) is 15.5. The van der Waals surface area contributed by atoms with Gasteiger partial charge in [-0.3, -0.25) is 0 Å². The fourth-order valence-corrected chi connectivity index (χ4v) is 3.32. The standard InChI is InChI=1S/C18H21FN2O/c1-12-20-17(11-18(19)21-12)15-9-8-14(22-2)10-16(15)13-6-4-3-5-7-13/h8-11,13H,3-7H2,1-2H3. The Balaban J connectivity index is 2.09. The van der Waals surface area contributed by atoms with Gasteiger partial charge in [-0.2, -0.15) is 4.39 Å². The van der Waals surface area contributed by atoms with E-state index < -0.39 is 5.95 Å². The minimum absolute atomic E-state index is 0.459. The molecule has 1 aliphatic rings. The first-order valence-corrected chi connectivity index (χ1v) is 7.87. The first-order chi connectivity index (χ1) is 10.7. The fraction of sp³-hybridized carbons (Fsp3) is 0.444. The fourth-order valence-electron chi connectivity index (χ4n) is 3.32. The molecule has 0 saturated heterocycles. The third-order valence-electron chi connectivity index (χ3n) is 4.39. The number of nitrogens with zero attached hydrogens (tertiary/aromatic N) is 2. The predicted octanol–water partition coefficient (Wildman–Crippen LogP) is 4.65. The molecule has 3 rings (SSSR count). The van der Waals surface area contributed by atoms with Crippen LogP contribution in [-0.4, -0.2) is 17.1 Å². The monoisotopic (exact) mass is 300 g/mol. The van der Waals surface area contributed by atoms with Crippen molar-refractivity contribution in [3.8, 4) is 17.0 Å². The maximum absolute atomic E-state index is 13.7. The highest BCUT2D eigenvalue weighted by atomic mass is 19.1. The molecule has 1 saturated carbocycles. The largest absolute Gasteiger partial charge is 0.497 e. The Morgan fingerprint density at radius 1 is 1.09 bits per heavy atom. The van der Waals surface area contributed by atoms with Crippen molar-refractivity contribution in [2.75, 3.05) is 7.11 Å². The van der Waals surface area contributed by atoms with Crippen LogP contribution in [0.25, 0.3) is 11.3 Å². The molecule has 0 aliphatic heterocycles. The van der Waals surface area contributed by atoms with E-state index in [1.54, 1.807) is 14.0 Å². The first kappa shape index (κ1) is 14.9. The van der Waals surface area contributed by atoms with Gasteiger partial charge in [0.15, 0.2) is 0 Å². The smallest absolute Gasteiger partial charge is 0.216 e. The number of benzene rings is 1. The molecule has 1 fully saturated rings. The summed E-state index contributed by atoms with van der Waals surface area (Å²) in [5, 5.41) is 0. The van der Waals surface area contributed by atoms with Crippen LogP contribution in [0.4, 0.5) is 4.39 Å². The lowest BCUT2D eigenvalue weighted by Crippen LogP contribution is -2.07. The van der Waals surface area contributed by atoms with E-state index >= 15 is 0 Å². The Morgan fingerprint density at radius 2 is 1.86 bits per heavy atom. The van der Waals surface area contributed by atoms with Crippen molar-refractivity contribution < 1.29 is 9.13 Å². The molecule has 2 aromatic rings. The van der Waals surface area contributed by atoms with E-state index in [4.69, 9.17) is 4.74 Å². The summed E-state index contributed by atoms with van der Waals surface area (Å²) in [4.78, 5) is 8.16. The van der Waals surface area contributed by atoms with Crippen LogP contribution in [0.2, 0.25) is 0 Å². The number of ether oxygens (including phenoxy) is 1. The second-order valence-corrected chi connectivity index (χ2v) is 5.91. The molecule has 1 heterocycles. The van der Waals surface area contributed by atoms with Crippen molar-refractivity contribution >= 4 is 0 Å². The number of aromatic nitrogens is 2. The quantitative estimate of drug-likeness (QED) is 0.774. The lowest BCUT2D eigenvalue weighted by Gasteiger charge is -2.24. The SMILES string of the molecule is COc1ccc(-c2cc(F)nc(C)n2)c(C2CCCCC2)c1. The van der Waals surface area contributed by atoms with Gasteiger partial charge in [-0.1, -0.05) is 19.3 Å². The lowest BCUT2D eigenvalue weighted by atomic mass is 9.81. The van der Waals surface area contributed by atoms with Crippen LogP contribution in [0.5, 0.6) is 5.75 Å². The number of hydrogen-bond donors (Lipinski definition) is 0. The third kappa shape index (κ3) is 3.11. The lowest BCUT2D eigenvalue weighted by molar-refractivity contribution is 0.410. The van der Waals surface area contributed by atoms with Gasteiger partial charge in [0.05, 0.1) is 12.8 Å². The summed E-state index contributed by atoms with van der Waals surface area (Å²) >= 11 is 0. The zero-order valence-corrected chi connectivity index (χ0v) is 13.1. The Labute approximate surface area is 130 Å². The molecule has 0 amide bonds. The van der Waals surface area contributed by atoms with Crippen molar-refractivity contribution in [1.82, 2.24) is 9.97 Å². The van der Waals surface area contributed by atoms with Crippen molar-refractivity contribution in [2.45, 2.75) is 44.9 Å². The Hall–Kier alpha value is -1.97. The predicted molar refractivity (Wildman–Crippen MR) is 84.5 cm³/mol. The average Bonchev–Trinajstić information content (AvgIpc) is 2.54. The maximum atomic E-state index is 13.7. The number of rotatable bonds is 3. The van der Waals surface area contributed by atoms with E-state index in [0.29, 0.717) is 17.4 Å². The van der Waals surface area contributed by atoms with Crippen molar-refractivity contribution in [1.29, 1.82) is 0 Å². The summed E-state index contributed by atoms with van der Waals surface area (Å²) < 4.78 is 19.0. The highest BCUT2D eigenvalue weighted by Crippen LogP contribution is 2.39. The minimum Gasteiger partial charge on any atom is -0.497 e. The van der Waals surface area contributed by atoms with Crippen LogP contribution in [-0.2, 0) is 0 Å². The Bertz CT molecular complexity index is 646. The van der Waals surface area contributed by atoms with E-state index in [0.717, 1.165) is 11.3 Å². The van der Waals surface area contributed by atoms with E-state index in [1.807, 2.05) is 12.1 Å². The Kier molecular flexibility index (Phi) is 4.36. The number of methoxy groups -OCH3 is 1. The highest BCUT2D eigenvalue weighted by Gasteiger charge is 2.21. The molecule has 1 aromatic heterocycles. The second-order valence-electron chi connectivity index (χ2n) is 5.91.